The molecule has 0 aliphatic carbocycles. The molecule has 9 heteroatoms. The van der Waals surface area contributed by atoms with E-state index in [4.69, 9.17) is 16.3 Å². The highest BCUT2D eigenvalue weighted by atomic mass is 79.9. The molecule has 2 aromatic rings. The van der Waals surface area contributed by atoms with Gasteiger partial charge in [0.1, 0.15) is 4.60 Å². The summed E-state index contributed by atoms with van der Waals surface area (Å²) in [6.45, 7) is 1.18. The highest BCUT2D eigenvalue weighted by molar-refractivity contribution is 9.10. The first-order valence-electron chi connectivity index (χ1n) is 11.7. The Morgan fingerprint density at radius 2 is 1.94 bits per heavy atom. The van der Waals surface area contributed by atoms with Gasteiger partial charge < -0.3 is 15.0 Å². The van der Waals surface area contributed by atoms with Crippen LogP contribution >= 0.6 is 27.5 Å². The Hall–Kier alpha value is -1.90. The molecule has 4 heterocycles. The van der Waals surface area contributed by atoms with Crippen molar-refractivity contribution >= 4 is 39.3 Å². The Morgan fingerprint density at radius 3 is 2.64 bits per heavy atom. The van der Waals surface area contributed by atoms with Crippen molar-refractivity contribution in [2.45, 2.75) is 69.8 Å². The number of halogens is 2. The molecule has 7 nitrogen and oxygen atoms in total. The average molecular weight is 536 g/mol. The fourth-order valence-electron chi connectivity index (χ4n) is 5.43. The van der Waals surface area contributed by atoms with E-state index in [1.165, 1.54) is 0 Å². The van der Waals surface area contributed by atoms with Crippen LogP contribution in [0.15, 0.2) is 34.9 Å². The van der Waals surface area contributed by atoms with Crippen LogP contribution in [-0.2, 0) is 16.1 Å². The smallest absolute Gasteiger partial charge is 0.274 e. The van der Waals surface area contributed by atoms with Gasteiger partial charge in [-0.1, -0.05) is 23.7 Å². The van der Waals surface area contributed by atoms with Crippen LogP contribution in [0.3, 0.4) is 0 Å². The number of carbonyl (C=O) groups excluding carboxylic acids is 2. The van der Waals surface area contributed by atoms with E-state index in [2.05, 4.69) is 26.3 Å². The minimum absolute atomic E-state index is 0.0458. The van der Waals surface area contributed by atoms with Crippen molar-refractivity contribution in [1.29, 1.82) is 0 Å². The van der Waals surface area contributed by atoms with Crippen molar-refractivity contribution in [2.75, 3.05) is 6.61 Å². The molecule has 3 unspecified atom stereocenters. The molecule has 1 aromatic carbocycles. The molecule has 2 amide bonds. The van der Waals surface area contributed by atoms with Gasteiger partial charge in [-0.3, -0.25) is 9.59 Å². The number of fused-ring (bicyclic) bond motifs is 2. The lowest BCUT2D eigenvalue weighted by Gasteiger charge is -2.38. The Kier molecular flexibility index (Phi) is 6.77. The number of piperidine rings is 1. The lowest BCUT2D eigenvalue weighted by atomic mass is 9.89. The number of carbonyl (C=O) groups is 2. The van der Waals surface area contributed by atoms with Gasteiger partial charge >= 0.3 is 0 Å². The number of nitrogens with zero attached hydrogens (tertiary/aromatic N) is 3. The van der Waals surface area contributed by atoms with Crippen LogP contribution in [-0.4, -0.2) is 45.2 Å². The summed E-state index contributed by atoms with van der Waals surface area (Å²) in [5.74, 6) is -0.0679. The number of hydrogen-bond acceptors (Lipinski definition) is 4. The predicted octanol–water partition coefficient (Wildman–Crippen LogP) is 4.70. The largest absolute Gasteiger partial charge is 0.356 e. The van der Waals surface area contributed by atoms with E-state index in [9.17, 15) is 9.59 Å². The Morgan fingerprint density at radius 1 is 1.15 bits per heavy atom. The van der Waals surface area contributed by atoms with Crippen LogP contribution in [0.2, 0.25) is 5.02 Å². The zero-order valence-electron chi connectivity index (χ0n) is 18.4. The van der Waals surface area contributed by atoms with Crippen molar-refractivity contribution in [3.05, 3.63) is 51.2 Å². The zero-order chi connectivity index (χ0) is 22.9. The number of aromatic nitrogens is 2. The van der Waals surface area contributed by atoms with Crippen LogP contribution in [0.1, 0.15) is 67.2 Å². The van der Waals surface area contributed by atoms with Gasteiger partial charge in [0.2, 0.25) is 5.91 Å². The molecule has 0 spiro atoms. The molecular weight excluding hydrogens is 508 g/mol. The molecule has 176 valence electrons. The monoisotopic (exact) mass is 534 g/mol. The highest BCUT2D eigenvalue weighted by Gasteiger charge is 2.45. The van der Waals surface area contributed by atoms with Crippen LogP contribution < -0.4 is 5.32 Å². The van der Waals surface area contributed by atoms with Crippen LogP contribution in [0, 0.1) is 5.92 Å². The van der Waals surface area contributed by atoms with Crippen molar-refractivity contribution in [1.82, 2.24) is 20.0 Å². The SMILES string of the molecule is O=C(NCc1cccc(Cl)c1)C1CC2CCC(C1)N2C(=O)c1cc(Br)n(C2CCCCO2)n1. The maximum absolute atomic E-state index is 13.4. The van der Waals surface area contributed by atoms with E-state index in [0.29, 0.717) is 30.1 Å². The lowest BCUT2D eigenvalue weighted by molar-refractivity contribution is -0.127. The Balaban J connectivity index is 1.22. The molecule has 3 aliphatic heterocycles. The molecule has 3 aliphatic rings. The highest BCUT2D eigenvalue weighted by Crippen LogP contribution is 2.40. The molecule has 5 rings (SSSR count). The van der Waals surface area contributed by atoms with Crippen molar-refractivity contribution in [2.24, 2.45) is 5.92 Å². The van der Waals surface area contributed by atoms with Gasteiger partial charge in [-0.15, -0.1) is 0 Å². The van der Waals surface area contributed by atoms with E-state index in [1.54, 1.807) is 10.7 Å². The van der Waals surface area contributed by atoms with Crippen LogP contribution in [0.25, 0.3) is 0 Å². The molecule has 1 N–H and O–H groups in total. The van der Waals surface area contributed by atoms with Crippen molar-refractivity contribution < 1.29 is 14.3 Å². The number of amides is 2. The molecule has 0 saturated carbocycles. The standard InChI is InChI=1S/C24H28BrClN4O3/c25-21-13-20(28-30(21)22-6-1-2-9-33-22)24(32)29-18-7-8-19(29)12-16(11-18)23(31)27-14-15-4-3-5-17(26)10-15/h3-5,10,13,16,18-19,22H,1-2,6-9,11-12,14H2,(H,27,31). The summed E-state index contributed by atoms with van der Waals surface area (Å²) in [7, 11) is 0. The Bertz CT molecular complexity index is 1020. The van der Waals surface area contributed by atoms with Gasteiger partial charge in [-0.05, 0) is 78.6 Å². The first kappa shape index (κ1) is 22.9. The summed E-state index contributed by atoms with van der Waals surface area (Å²) in [5.41, 5.74) is 1.42. The molecule has 0 radical (unpaired) electrons. The van der Waals surface area contributed by atoms with Crippen LogP contribution in [0.4, 0.5) is 0 Å². The third-order valence-corrected chi connectivity index (χ3v) is 7.86. The molecular formula is C24H28BrClN4O3. The van der Waals surface area contributed by atoms with Gasteiger partial charge in [0.25, 0.3) is 5.91 Å². The van der Waals surface area contributed by atoms with E-state index >= 15 is 0 Å². The number of nitrogens with one attached hydrogen (secondary N) is 1. The fraction of sp³-hybridized carbons (Fsp3) is 0.542. The molecule has 3 atom stereocenters. The maximum atomic E-state index is 13.4. The normalized spacial score (nSPS) is 26.9. The second kappa shape index (κ2) is 9.76. The fourth-order valence-corrected chi connectivity index (χ4v) is 6.17. The third kappa shape index (κ3) is 4.84. The lowest BCUT2D eigenvalue weighted by Crippen LogP contribution is -2.49. The minimum atomic E-state index is -0.125. The number of ether oxygens (including phenoxy) is 1. The van der Waals surface area contributed by atoms with Gasteiger partial charge in [-0.25, -0.2) is 4.68 Å². The topological polar surface area (TPSA) is 76.5 Å². The van der Waals surface area contributed by atoms with Gasteiger partial charge in [0.15, 0.2) is 11.9 Å². The second-order valence-electron chi connectivity index (χ2n) is 9.23. The quantitative estimate of drug-likeness (QED) is 0.602. The maximum Gasteiger partial charge on any atom is 0.274 e. The van der Waals surface area contributed by atoms with E-state index in [-0.39, 0.29) is 36.0 Å². The summed E-state index contributed by atoms with van der Waals surface area (Å²) in [6.07, 6.45) is 6.18. The summed E-state index contributed by atoms with van der Waals surface area (Å²) < 4.78 is 8.38. The van der Waals surface area contributed by atoms with Crippen molar-refractivity contribution in [3.8, 4) is 0 Å². The van der Waals surface area contributed by atoms with Crippen LogP contribution in [0.5, 0.6) is 0 Å². The third-order valence-electron chi connectivity index (χ3n) is 7.03. The van der Waals surface area contributed by atoms with Gasteiger partial charge in [-0.2, -0.15) is 5.10 Å². The van der Waals surface area contributed by atoms with Crippen molar-refractivity contribution in [3.63, 3.8) is 0 Å². The number of hydrogen-bond donors (Lipinski definition) is 1. The first-order chi connectivity index (χ1) is 16.0. The molecule has 1 aromatic heterocycles. The van der Waals surface area contributed by atoms with Gasteiger partial charge in [0, 0.05) is 42.2 Å². The summed E-state index contributed by atoms with van der Waals surface area (Å²) in [4.78, 5) is 28.2. The summed E-state index contributed by atoms with van der Waals surface area (Å²) >= 11 is 9.59. The molecule has 2 bridgehead atoms. The van der Waals surface area contributed by atoms with Gasteiger partial charge in [0.05, 0.1) is 0 Å². The molecule has 33 heavy (non-hydrogen) atoms. The van der Waals surface area contributed by atoms with E-state index < -0.39 is 0 Å². The summed E-state index contributed by atoms with van der Waals surface area (Å²) in [6, 6.07) is 9.47. The zero-order valence-corrected chi connectivity index (χ0v) is 20.7. The molecule has 3 saturated heterocycles. The first-order valence-corrected chi connectivity index (χ1v) is 12.9. The average Bonchev–Trinajstić information content (AvgIpc) is 3.34. The molecule has 3 fully saturated rings. The predicted molar refractivity (Wildman–Crippen MR) is 128 cm³/mol. The van der Waals surface area contributed by atoms with E-state index in [1.807, 2.05) is 29.2 Å². The Labute approximate surface area is 206 Å². The summed E-state index contributed by atoms with van der Waals surface area (Å²) in [5, 5.41) is 8.31. The second-order valence-corrected chi connectivity index (χ2v) is 10.5. The number of rotatable bonds is 5. The van der Waals surface area contributed by atoms with E-state index in [0.717, 1.165) is 48.9 Å². The number of benzene rings is 1. The minimum Gasteiger partial charge on any atom is -0.356 e.